The summed E-state index contributed by atoms with van der Waals surface area (Å²) in [5.41, 5.74) is 0. The molecule has 1 fully saturated rings. The lowest BCUT2D eigenvalue weighted by Crippen LogP contribution is -2.16. The summed E-state index contributed by atoms with van der Waals surface area (Å²) in [6.07, 6.45) is 0. The van der Waals surface area contributed by atoms with E-state index in [-0.39, 0.29) is 0 Å². The van der Waals surface area contributed by atoms with Crippen molar-refractivity contribution in [3.63, 3.8) is 0 Å². The highest BCUT2D eigenvalue weighted by atomic mass is 16.9. The van der Waals surface area contributed by atoms with Crippen molar-refractivity contribution in [3.8, 4) is 0 Å². The Morgan fingerprint density at radius 2 is 2.00 bits per heavy atom. The third-order valence-electron chi connectivity index (χ3n) is 1.28. The number of rotatable bonds is 5. The first-order chi connectivity index (χ1) is 5.43. The molecule has 0 atom stereocenters. The van der Waals surface area contributed by atoms with Crippen LogP contribution in [-0.4, -0.2) is 39.5 Å². The fourth-order valence-electron chi connectivity index (χ4n) is 0.781. The monoisotopic (exact) mass is 162 g/mol. The Morgan fingerprint density at radius 3 is 2.64 bits per heavy atom. The number of hydrogen-bond acceptors (Lipinski definition) is 4. The minimum absolute atomic E-state index is 0.463. The highest BCUT2D eigenvalue weighted by Gasteiger charge is 2.15. The Morgan fingerprint density at radius 1 is 1.27 bits per heavy atom. The molecule has 4 nitrogen and oxygen atoms in total. The molecule has 1 aliphatic heterocycles. The van der Waals surface area contributed by atoms with Crippen LogP contribution in [0.3, 0.4) is 0 Å². The first-order valence-corrected chi connectivity index (χ1v) is 3.86. The molecule has 66 valence electrons. The average molecular weight is 162 g/mol. The second kappa shape index (κ2) is 5.49. The van der Waals surface area contributed by atoms with Crippen LogP contribution in [0.15, 0.2) is 0 Å². The van der Waals surface area contributed by atoms with Gasteiger partial charge in [-0.05, 0) is 6.92 Å². The lowest BCUT2D eigenvalue weighted by Gasteiger charge is -2.09. The van der Waals surface area contributed by atoms with Crippen LogP contribution in [0.1, 0.15) is 6.92 Å². The van der Waals surface area contributed by atoms with Gasteiger partial charge in [0.15, 0.2) is 0 Å². The zero-order valence-corrected chi connectivity index (χ0v) is 6.75. The molecule has 1 saturated heterocycles. The van der Waals surface area contributed by atoms with Crippen molar-refractivity contribution in [3.05, 3.63) is 0 Å². The van der Waals surface area contributed by atoms with Crippen LogP contribution in [0, 0.1) is 0 Å². The maximum Gasteiger partial charge on any atom is 0.271 e. The van der Waals surface area contributed by atoms with Gasteiger partial charge in [-0.2, -0.15) is 0 Å². The lowest BCUT2D eigenvalue weighted by molar-refractivity contribution is -0.233. The van der Waals surface area contributed by atoms with Gasteiger partial charge in [-0.1, -0.05) is 0 Å². The van der Waals surface area contributed by atoms with Gasteiger partial charge in [-0.15, -0.1) is 0 Å². The SMILES string of the molecule is CCOCCOC1OCCO1. The fraction of sp³-hybridized carbons (Fsp3) is 1.00. The fourth-order valence-corrected chi connectivity index (χ4v) is 0.781. The van der Waals surface area contributed by atoms with Crippen LogP contribution < -0.4 is 0 Å². The van der Waals surface area contributed by atoms with E-state index >= 15 is 0 Å². The summed E-state index contributed by atoms with van der Waals surface area (Å²) in [4.78, 5) is 0. The molecule has 11 heavy (non-hydrogen) atoms. The quantitative estimate of drug-likeness (QED) is 0.547. The average Bonchev–Trinajstić information content (AvgIpc) is 2.50. The molecular formula is C7H14O4. The molecule has 0 aromatic carbocycles. The zero-order chi connectivity index (χ0) is 7.94. The van der Waals surface area contributed by atoms with Crippen molar-refractivity contribution < 1.29 is 18.9 Å². The van der Waals surface area contributed by atoms with Gasteiger partial charge in [0, 0.05) is 6.61 Å². The summed E-state index contributed by atoms with van der Waals surface area (Å²) in [5, 5.41) is 0. The lowest BCUT2D eigenvalue weighted by atomic mass is 10.7. The molecule has 1 rings (SSSR count). The number of hydrogen-bond donors (Lipinski definition) is 0. The van der Waals surface area contributed by atoms with E-state index in [0.29, 0.717) is 26.4 Å². The molecule has 1 aliphatic rings. The van der Waals surface area contributed by atoms with Crippen molar-refractivity contribution in [2.45, 2.75) is 13.4 Å². The summed E-state index contributed by atoms with van der Waals surface area (Å²) in [6.45, 7) is 4.57. The topological polar surface area (TPSA) is 36.9 Å². The van der Waals surface area contributed by atoms with E-state index in [0.717, 1.165) is 6.61 Å². The molecule has 0 bridgehead atoms. The Labute approximate surface area is 66.4 Å². The van der Waals surface area contributed by atoms with Crippen LogP contribution in [-0.2, 0) is 18.9 Å². The first-order valence-electron chi connectivity index (χ1n) is 3.86. The molecule has 0 spiro atoms. The van der Waals surface area contributed by atoms with E-state index in [1.54, 1.807) is 0 Å². The highest BCUT2D eigenvalue weighted by molar-refractivity contribution is 4.39. The second-order valence-corrected chi connectivity index (χ2v) is 2.10. The summed E-state index contributed by atoms with van der Waals surface area (Å²) in [5.74, 6) is 0. The Kier molecular flexibility index (Phi) is 4.45. The van der Waals surface area contributed by atoms with Gasteiger partial charge in [0.1, 0.15) is 0 Å². The van der Waals surface area contributed by atoms with Gasteiger partial charge in [0.25, 0.3) is 6.48 Å². The number of ether oxygens (including phenoxy) is 4. The van der Waals surface area contributed by atoms with Gasteiger partial charge in [0.2, 0.25) is 0 Å². The molecule has 0 aliphatic carbocycles. The Bertz CT molecular complexity index is 90.4. The van der Waals surface area contributed by atoms with Crippen molar-refractivity contribution >= 4 is 0 Å². The van der Waals surface area contributed by atoms with Gasteiger partial charge in [0.05, 0.1) is 26.4 Å². The van der Waals surface area contributed by atoms with Crippen LogP contribution in [0.5, 0.6) is 0 Å². The normalized spacial score (nSPS) is 19.4. The van der Waals surface area contributed by atoms with Gasteiger partial charge in [-0.25, -0.2) is 0 Å². The van der Waals surface area contributed by atoms with Crippen molar-refractivity contribution in [1.29, 1.82) is 0 Å². The third kappa shape index (κ3) is 3.67. The molecule has 1 heterocycles. The standard InChI is InChI=1S/C7H14O4/c1-2-8-3-4-9-7-10-5-6-11-7/h7H,2-6H2,1H3. The van der Waals surface area contributed by atoms with E-state index in [1.807, 2.05) is 6.92 Å². The molecule has 0 saturated carbocycles. The molecular weight excluding hydrogens is 148 g/mol. The summed E-state index contributed by atoms with van der Waals surface area (Å²) in [6, 6.07) is 0. The molecule has 0 amide bonds. The molecule has 0 N–H and O–H groups in total. The summed E-state index contributed by atoms with van der Waals surface area (Å²) >= 11 is 0. The van der Waals surface area contributed by atoms with Crippen molar-refractivity contribution in [2.75, 3.05) is 33.0 Å². The van der Waals surface area contributed by atoms with Gasteiger partial charge in [-0.3, -0.25) is 0 Å². The maximum absolute atomic E-state index is 5.14. The largest absolute Gasteiger partial charge is 0.379 e. The van der Waals surface area contributed by atoms with E-state index in [4.69, 9.17) is 18.9 Å². The summed E-state index contributed by atoms with van der Waals surface area (Å²) < 4.78 is 20.3. The van der Waals surface area contributed by atoms with E-state index in [1.165, 1.54) is 0 Å². The van der Waals surface area contributed by atoms with Gasteiger partial charge < -0.3 is 18.9 Å². The Balaban J connectivity index is 1.86. The van der Waals surface area contributed by atoms with Crippen LogP contribution >= 0.6 is 0 Å². The maximum atomic E-state index is 5.14. The molecule has 0 unspecified atom stereocenters. The van der Waals surface area contributed by atoms with Crippen molar-refractivity contribution in [2.24, 2.45) is 0 Å². The summed E-state index contributed by atoms with van der Waals surface area (Å²) in [7, 11) is 0. The highest BCUT2D eigenvalue weighted by Crippen LogP contribution is 2.03. The van der Waals surface area contributed by atoms with E-state index < -0.39 is 6.48 Å². The molecule has 0 aromatic rings. The minimum atomic E-state index is -0.463. The van der Waals surface area contributed by atoms with E-state index in [2.05, 4.69) is 0 Å². The van der Waals surface area contributed by atoms with Crippen LogP contribution in [0.2, 0.25) is 0 Å². The van der Waals surface area contributed by atoms with E-state index in [9.17, 15) is 0 Å². The second-order valence-electron chi connectivity index (χ2n) is 2.10. The van der Waals surface area contributed by atoms with Crippen LogP contribution in [0.25, 0.3) is 0 Å². The first kappa shape index (κ1) is 8.93. The van der Waals surface area contributed by atoms with Gasteiger partial charge >= 0.3 is 0 Å². The zero-order valence-electron chi connectivity index (χ0n) is 6.75. The van der Waals surface area contributed by atoms with Crippen LogP contribution in [0.4, 0.5) is 0 Å². The predicted octanol–water partition coefficient (Wildman–Crippen LogP) is 0.370. The molecule has 0 radical (unpaired) electrons. The molecule has 4 heteroatoms. The Hall–Kier alpha value is -0.160. The minimum Gasteiger partial charge on any atom is -0.379 e. The smallest absolute Gasteiger partial charge is 0.271 e. The van der Waals surface area contributed by atoms with Crippen molar-refractivity contribution in [1.82, 2.24) is 0 Å². The third-order valence-corrected chi connectivity index (χ3v) is 1.28. The predicted molar refractivity (Wildman–Crippen MR) is 38.1 cm³/mol. The molecule has 0 aromatic heterocycles.